The van der Waals surface area contributed by atoms with Gasteiger partial charge in [-0.2, -0.15) is 4.89 Å². The Labute approximate surface area is 140 Å². The van der Waals surface area contributed by atoms with Crippen LogP contribution in [0.3, 0.4) is 0 Å². The fourth-order valence-corrected chi connectivity index (χ4v) is 3.25. The predicted molar refractivity (Wildman–Crippen MR) is 98.3 cm³/mol. The van der Waals surface area contributed by atoms with E-state index in [2.05, 4.69) is 37.3 Å². The van der Waals surface area contributed by atoms with Crippen LogP contribution in [0, 0.1) is 0 Å². The average molecular weight is 308 g/mol. The summed E-state index contributed by atoms with van der Waals surface area (Å²) in [5.41, 5.74) is 5.22. The van der Waals surface area contributed by atoms with E-state index in [9.17, 15) is 0 Å². The minimum Gasteiger partial charge on any atom is -0.338 e. The number of hydrogen-bond acceptors (Lipinski definition) is 2. The van der Waals surface area contributed by atoms with Crippen molar-refractivity contribution < 1.29 is 9.78 Å². The quantitative estimate of drug-likeness (QED) is 0.259. The highest BCUT2D eigenvalue weighted by atomic mass is 17.2. The first-order chi connectivity index (χ1) is 11.4. The van der Waals surface area contributed by atoms with Crippen molar-refractivity contribution in [2.75, 3.05) is 6.61 Å². The summed E-state index contributed by atoms with van der Waals surface area (Å²) in [6, 6.07) is 14.8. The number of benzene rings is 2. The second-order valence-electron chi connectivity index (χ2n) is 6.29. The Balaban J connectivity index is 1.49. The van der Waals surface area contributed by atoms with Gasteiger partial charge in [-0.15, -0.1) is 0 Å². The maximum absolute atomic E-state index is 5.61. The van der Waals surface area contributed by atoms with E-state index in [-0.39, 0.29) is 0 Å². The lowest BCUT2D eigenvalue weighted by Gasteiger charge is -2.09. The van der Waals surface area contributed by atoms with Gasteiger partial charge in [0.1, 0.15) is 0 Å². The molecule has 0 radical (unpaired) electrons. The van der Waals surface area contributed by atoms with Crippen molar-refractivity contribution in [1.82, 2.24) is 0 Å². The van der Waals surface area contributed by atoms with Crippen molar-refractivity contribution in [3.8, 4) is 16.9 Å². The van der Waals surface area contributed by atoms with E-state index < -0.39 is 0 Å². The van der Waals surface area contributed by atoms with Gasteiger partial charge in [0, 0.05) is 0 Å². The largest absolute Gasteiger partial charge is 0.338 e. The van der Waals surface area contributed by atoms with Crippen LogP contribution in [0.25, 0.3) is 11.1 Å². The third-order valence-corrected chi connectivity index (χ3v) is 4.54. The van der Waals surface area contributed by atoms with E-state index in [0.717, 1.165) is 19.4 Å². The molecule has 0 bridgehead atoms. The van der Waals surface area contributed by atoms with Gasteiger partial charge in [0.15, 0.2) is 13.0 Å². The molecule has 23 heavy (non-hydrogen) atoms. The van der Waals surface area contributed by atoms with E-state index in [1.807, 2.05) is 12.1 Å². The monoisotopic (exact) mass is 308 g/mol. The predicted octanol–water partition coefficient (Wildman–Crippen LogP) is 3.73. The standard InChI is InChI=1S/C20H25BO2/c1-2-3-4-5-6-9-15-22-23-19-14-10-12-17-16-11-7-8-13-18(16)21-20(17)19/h7-8,10-14,21H,2-6,9,15H2,1H3. The van der Waals surface area contributed by atoms with Crippen LogP contribution in [0.5, 0.6) is 5.75 Å². The third kappa shape index (κ3) is 3.97. The molecule has 0 unspecified atom stereocenters. The molecular formula is C20H25BO2. The second kappa shape index (κ2) is 8.21. The lowest BCUT2D eigenvalue weighted by atomic mass is 9.67. The molecule has 3 heteroatoms. The molecule has 0 saturated carbocycles. The molecule has 120 valence electrons. The summed E-state index contributed by atoms with van der Waals surface area (Å²) < 4.78 is 0. The average Bonchev–Trinajstić information content (AvgIpc) is 2.97. The molecule has 0 spiro atoms. The van der Waals surface area contributed by atoms with Gasteiger partial charge in [0.05, 0.1) is 6.61 Å². The summed E-state index contributed by atoms with van der Waals surface area (Å²) >= 11 is 0. The molecule has 1 heterocycles. The van der Waals surface area contributed by atoms with Crippen LogP contribution in [0.15, 0.2) is 42.5 Å². The Hall–Kier alpha value is -1.74. The van der Waals surface area contributed by atoms with Crippen molar-refractivity contribution in [2.45, 2.75) is 45.4 Å². The van der Waals surface area contributed by atoms with Gasteiger partial charge in [-0.1, -0.05) is 80.9 Å². The summed E-state index contributed by atoms with van der Waals surface area (Å²) in [6.45, 7) is 2.91. The lowest BCUT2D eigenvalue weighted by Crippen LogP contribution is -2.23. The zero-order valence-electron chi connectivity index (χ0n) is 14.0. The number of fused-ring (bicyclic) bond motifs is 3. The molecule has 0 aromatic heterocycles. The van der Waals surface area contributed by atoms with Crippen molar-refractivity contribution in [3.63, 3.8) is 0 Å². The maximum atomic E-state index is 5.61. The second-order valence-corrected chi connectivity index (χ2v) is 6.29. The Bertz CT molecular complexity index is 639. The Morgan fingerprint density at radius 3 is 2.52 bits per heavy atom. The molecule has 3 rings (SSSR count). The molecule has 1 aliphatic heterocycles. The van der Waals surface area contributed by atoms with Crippen molar-refractivity contribution in [2.24, 2.45) is 0 Å². The SMILES string of the molecule is CCCCCCCCOOc1cccc2c1Bc1ccccc1-2. The molecule has 2 aromatic carbocycles. The van der Waals surface area contributed by atoms with Gasteiger partial charge in [-0.05, 0) is 29.1 Å². The summed E-state index contributed by atoms with van der Waals surface area (Å²) in [6.07, 6.45) is 7.56. The van der Waals surface area contributed by atoms with Gasteiger partial charge in [0.2, 0.25) is 0 Å². The number of hydrogen-bond donors (Lipinski definition) is 0. The van der Waals surface area contributed by atoms with E-state index in [4.69, 9.17) is 9.78 Å². The van der Waals surface area contributed by atoms with Gasteiger partial charge in [-0.25, -0.2) is 0 Å². The molecule has 2 nitrogen and oxygen atoms in total. The molecule has 2 aromatic rings. The highest BCUT2D eigenvalue weighted by molar-refractivity contribution is 6.74. The fraction of sp³-hybridized carbons (Fsp3) is 0.400. The van der Waals surface area contributed by atoms with Crippen molar-refractivity contribution >= 4 is 18.2 Å². The van der Waals surface area contributed by atoms with Gasteiger partial charge < -0.3 is 4.89 Å². The fourth-order valence-electron chi connectivity index (χ4n) is 3.25. The van der Waals surface area contributed by atoms with Crippen LogP contribution < -0.4 is 15.8 Å². The summed E-state index contributed by atoms with van der Waals surface area (Å²) in [5.74, 6) is 0.865. The highest BCUT2D eigenvalue weighted by Gasteiger charge is 2.22. The first-order valence-electron chi connectivity index (χ1n) is 8.90. The maximum Gasteiger partial charge on any atom is 0.198 e. The van der Waals surface area contributed by atoms with Crippen molar-refractivity contribution in [3.05, 3.63) is 42.5 Å². The minimum absolute atomic E-state index is 0.669. The van der Waals surface area contributed by atoms with E-state index in [1.165, 1.54) is 54.2 Å². The zero-order chi connectivity index (χ0) is 15.9. The van der Waals surface area contributed by atoms with E-state index >= 15 is 0 Å². The Morgan fingerprint density at radius 1 is 0.826 bits per heavy atom. The van der Waals surface area contributed by atoms with Crippen molar-refractivity contribution in [1.29, 1.82) is 0 Å². The summed E-state index contributed by atoms with van der Waals surface area (Å²) in [5, 5.41) is 0. The zero-order valence-corrected chi connectivity index (χ0v) is 14.0. The lowest BCUT2D eigenvalue weighted by molar-refractivity contribution is -0.206. The Morgan fingerprint density at radius 2 is 1.61 bits per heavy atom. The van der Waals surface area contributed by atoms with Gasteiger partial charge in [-0.3, -0.25) is 0 Å². The molecule has 0 N–H and O–H groups in total. The molecule has 0 fully saturated rings. The normalized spacial score (nSPS) is 11.7. The van der Waals surface area contributed by atoms with Crippen LogP contribution in [0.2, 0.25) is 0 Å². The molecule has 1 aliphatic rings. The highest BCUT2D eigenvalue weighted by Crippen LogP contribution is 2.24. The smallest absolute Gasteiger partial charge is 0.198 e. The van der Waals surface area contributed by atoms with E-state index in [0.29, 0.717) is 6.61 Å². The molecule has 0 amide bonds. The first-order valence-corrected chi connectivity index (χ1v) is 8.90. The van der Waals surface area contributed by atoms with Crippen LogP contribution >= 0.6 is 0 Å². The first kappa shape index (κ1) is 16.1. The van der Waals surface area contributed by atoms with Gasteiger partial charge >= 0.3 is 0 Å². The van der Waals surface area contributed by atoms with Crippen LogP contribution in [-0.4, -0.2) is 13.9 Å². The Kier molecular flexibility index (Phi) is 5.76. The molecule has 0 atom stereocenters. The summed E-state index contributed by atoms with van der Waals surface area (Å²) in [4.78, 5) is 11.1. The van der Waals surface area contributed by atoms with E-state index in [1.54, 1.807) is 0 Å². The molecular weight excluding hydrogens is 283 g/mol. The third-order valence-electron chi connectivity index (χ3n) is 4.54. The minimum atomic E-state index is 0.669. The van der Waals surface area contributed by atoms with Crippen LogP contribution in [-0.2, 0) is 4.89 Å². The van der Waals surface area contributed by atoms with Crippen LogP contribution in [0.1, 0.15) is 45.4 Å². The topological polar surface area (TPSA) is 18.5 Å². The van der Waals surface area contributed by atoms with Crippen LogP contribution in [0.4, 0.5) is 0 Å². The molecule has 0 aliphatic carbocycles. The number of rotatable bonds is 9. The van der Waals surface area contributed by atoms with Gasteiger partial charge in [0.25, 0.3) is 0 Å². The number of unbranched alkanes of at least 4 members (excludes halogenated alkanes) is 5. The summed E-state index contributed by atoms with van der Waals surface area (Å²) in [7, 11) is 0.933. The molecule has 0 saturated heterocycles.